The zero-order chi connectivity index (χ0) is 13.9. The molecule has 5 heteroatoms. The van der Waals surface area contributed by atoms with E-state index in [2.05, 4.69) is 5.32 Å². The third-order valence-corrected chi connectivity index (χ3v) is 3.42. The molecule has 2 nitrogen and oxygen atoms in total. The summed E-state index contributed by atoms with van der Waals surface area (Å²) in [5.74, 6) is 0.130. The summed E-state index contributed by atoms with van der Waals surface area (Å²) in [5, 5.41) is 3.21. The van der Waals surface area contributed by atoms with Gasteiger partial charge >= 0.3 is 6.18 Å². The average molecular weight is 273 g/mol. The van der Waals surface area contributed by atoms with Gasteiger partial charge in [0.05, 0.1) is 12.2 Å². The van der Waals surface area contributed by atoms with E-state index < -0.39 is 11.7 Å². The Morgan fingerprint density at radius 1 is 1.26 bits per heavy atom. The Hall–Kier alpha value is -1.23. The second-order valence-electron chi connectivity index (χ2n) is 4.71. The van der Waals surface area contributed by atoms with E-state index in [0.29, 0.717) is 0 Å². The molecule has 1 fully saturated rings. The van der Waals surface area contributed by atoms with Crippen molar-refractivity contribution in [1.82, 2.24) is 5.32 Å². The predicted molar refractivity (Wildman–Crippen MR) is 67.5 cm³/mol. The van der Waals surface area contributed by atoms with Crippen molar-refractivity contribution < 1.29 is 17.9 Å². The topological polar surface area (TPSA) is 21.3 Å². The first-order valence-electron chi connectivity index (χ1n) is 6.57. The Morgan fingerprint density at radius 2 is 1.95 bits per heavy atom. The fraction of sp³-hybridized carbons (Fsp3) is 0.571. The summed E-state index contributed by atoms with van der Waals surface area (Å²) in [7, 11) is 0. The summed E-state index contributed by atoms with van der Waals surface area (Å²) in [4.78, 5) is 0. The van der Waals surface area contributed by atoms with Crippen LogP contribution in [0.1, 0.15) is 36.8 Å². The number of rotatable bonds is 3. The molecule has 1 N–H and O–H groups in total. The fourth-order valence-electron chi connectivity index (χ4n) is 2.46. The molecule has 0 bridgehead atoms. The van der Waals surface area contributed by atoms with Gasteiger partial charge in [0, 0.05) is 0 Å². The number of benzene rings is 1. The Morgan fingerprint density at radius 3 is 2.53 bits per heavy atom. The lowest BCUT2D eigenvalue weighted by Crippen LogP contribution is -2.26. The average Bonchev–Trinajstić information content (AvgIpc) is 2.39. The minimum absolute atomic E-state index is 0.0762. The van der Waals surface area contributed by atoms with Crippen molar-refractivity contribution in [3.63, 3.8) is 0 Å². The number of piperidine rings is 1. The van der Waals surface area contributed by atoms with Crippen LogP contribution in [0.25, 0.3) is 0 Å². The van der Waals surface area contributed by atoms with Crippen molar-refractivity contribution in [3.05, 3.63) is 29.3 Å². The van der Waals surface area contributed by atoms with Crippen molar-refractivity contribution in [2.24, 2.45) is 0 Å². The Kier molecular flexibility index (Phi) is 4.34. The molecule has 0 saturated carbocycles. The van der Waals surface area contributed by atoms with Crippen LogP contribution in [0, 0.1) is 0 Å². The molecule has 1 aromatic rings. The molecule has 1 aliphatic rings. The van der Waals surface area contributed by atoms with E-state index in [1.807, 2.05) is 0 Å². The molecule has 2 rings (SSSR count). The lowest BCUT2D eigenvalue weighted by atomic mass is 9.89. The number of hydrogen-bond acceptors (Lipinski definition) is 2. The number of alkyl halides is 3. The molecule has 1 heterocycles. The molecular formula is C14H18F3NO. The van der Waals surface area contributed by atoms with E-state index >= 15 is 0 Å². The summed E-state index contributed by atoms with van der Waals surface area (Å²) >= 11 is 0. The van der Waals surface area contributed by atoms with Crippen LogP contribution in [-0.4, -0.2) is 19.7 Å². The van der Waals surface area contributed by atoms with E-state index in [4.69, 9.17) is 4.74 Å². The zero-order valence-electron chi connectivity index (χ0n) is 10.9. The summed E-state index contributed by atoms with van der Waals surface area (Å²) in [6.45, 7) is 3.63. The van der Waals surface area contributed by atoms with Crippen LogP contribution in [0.15, 0.2) is 18.2 Å². The first kappa shape index (κ1) is 14.2. The van der Waals surface area contributed by atoms with Gasteiger partial charge in [-0.1, -0.05) is 6.07 Å². The molecule has 106 valence electrons. The predicted octanol–water partition coefficient (Wildman–Crippen LogP) is 3.57. The van der Waals surface area contributed by atoms with Crippen LogP contribution in [0.3, 0.4) is 0 Å². The van der Waals surface area contributed by atoms with Crippen LogP contribution in [-0.2, 0) is 6.18 Å². The van der Waals surface area contributed by atoms with Crippen LogP contribution in [0.4, 0.5) is 13.2 Å². The standard InChI is InChI=1S/C14H18F3NO/c1-2-19-13-4-3-11(9-12(13)14(15,16)17)10-5-7-18-8-6-10/h3-4,9-10,18H,2,5-8H2,1H3. The number of ether oxygens (including phenoxy) is 1. The molecule has 1 saturated heterocycles. The first-order valence-corrected chi connectivity index (χ1v) is 6.57. The highest BCUT2D eigenvalue weighted by atomic mass is 19.4. The molecule has 0 amide bonds. The van der Waals surface area contributed by atoms with Crippen molar-refractivity contribution >= 4 is 0 Å². The minimum atomic E-state index is -4.37. The van der Waals surface area contributed by atoms with Crippen LogP contribution < -0.4 is 10.1 Å². The molecule has 19 heavy (non-hydrogen) atoms. The third-order valence-electron chi connectivity index (χ3n) is 3.42. The van der Waals surface area contributed by atoms with Gasteiger partial charge in [-0.2, -0.15) is 13.2 Å². The van der Waals surface area contributed by atoms with Gasteiger partial charge in [-0.05, 0) is 56.5 Å². The van der Waals surface area contributed by atoms with Gasteiger partial charge in [0.1, 0.15) is 5.75 Å². The Bertz CT molecular complexity index is 425. The van der Waals surface area contributed by atoms with Gasteiger partial charge in [0.25, 0.3) is 0 Å². The van der Waals surface area contributed by atoms with E-state index in [9.17, 15) is 13.2 Å². The van der Waals surface area contributed by atoms with Crippen LogP contribution >= 0.6 is 0 Å². The van der Waals surface area contributed by atoms with Gasteiger partial charge in [0.15, 0.2) is 0 Å². The van der Waals surface area contributed by atoms with Crippen molar-refractivity contribution in [2.45, 2.75) is 31.9 Å². The Labute approximate surface area is 111 Å². The van der Waals surface area contributed by atoms with Gasteiger partial charge in [-0.25, -0.2) is 0 Å². The SMILES string of the molecule is CCOc1ccc(C2CCNCC2)cc1C(F)(F)F. The van der Waals surface area contributed by atoms with Crippen molar-refractivity contribution in [1.29, 1.82) is 0 Å². The summed E-state index contributed by atoms with van der Waals surface area (Å²) in [6.07, 6.45) is -2.61. The number of hydrogen-bond donors (Lipinski definition) is 1. The lowest BCUT2D eigenvalue weighted by Gasteiger charge is -2.24. The molecule has 1 aliphatic heterocycles. The Balaban J connectivity index is 2.31. The van der Waals surface area contributed by atoms with Gasteiger partial charge in [0.2, 0.25) is 0 Å². The summed E-state index contributed by atoms with van der Waals surface area (Å²) in [5.41, 5.74) is 0.0997. The number of halogens is 3. The normalized spacial score (nSPS) is 17.5. The van der Waals surface area contributed by atoms with Gasteiger partial charge in [-0.15, -0.1) is 0 Å². The van der Waals surface area contributed by atoms with Gasteiger partial charge in [-0.3, -0.25) is 0 Å². The molecule has 0 radical (unpaired) electrons. The second kappa shape index (κ2) is 5.82. The lowest BCUT2D eigenvalue weighted by molar-refractivity contribution is -0.139. The maximum absolute atomic E-state index is 13.0. The first-order chi connectivity index (χ1) is 9.02. The van der Waals surface area contributed by atoms with E-state index in [1.165, 1.54) is 12.1 Å². The molecule has 0 atom stereocenters. The van der Waals surface area contributed by atoms with E-state index in [0.717, 1.165) is 31.5 Å². The highest BCUT2D eigenvalue weighted by molar-refractivity contribution is 5.40. The van der Waals surface area contributed by atoms with Gasteiger partial charge < -0.3 is 10.1 Å². The summed E-state index contributed by atoms with van der Waals surface area (Å²) in [6, 6.07) is 4.46. The van der Waals surface area contributed by atoms with Crippen molar-refractivity contribution in [3.8, 4) is 5.75 Å². The molecule has 0 aliphatic carbocycles. The van der Waals surface area contributed by atoms with E-state index in [-0.39, 0.29) is 18.3 Å². The largest absolute Gasteiger partial charge is 0.493 e. The highest BCUT2D eigenvalue weighted by Crippen LogP contribution is 2.39. The number of nitrogens with one attached hydrogen (secondary N) is 1. The minimum Gasteiger partial charge on any atom is -0.493 e. The molecule has 1 aromatic carbocycles. The van der Waals surface area contributed by atoms with Crippen molar-refractivity contribution in [2.75, 3.05) is 19.7 Å². The zero-order valence-corrected chi connectivity index (χ0v) is 10.9. The highest BCUT2D eigenvalue weighted by Gasteiger charge is 2.35. The monoisotopic (exact) mass is 273 g/mol. The molecule has 0 unspecified atom stereocenters. The maximum Gasteiger partial charge on any atom is 0.419 e. The van der Waals surface area contributed by atoms with Crippen LogP contribution in [0.5, 0.6) is 5.75 Å². The summed E-state index contributed by atoms with van der Waals surface area (Å²) < 4.78 is 44.2. The maximum atomic E-state index is 13.0. The fourth-order valence-corrected chi connectivity index (χ4v) is 2.46. The molecular weight excluding hydrogens is 255 g/mol. The quantitative estimate of drug-likeness (QED) is 0.909. The third kappa shape index (κ3) is 3.41. The van der Waals surface area contributed by atoms with E-state index in [1.54, 1.807) is 13.0 Å². The smallest absolute Gasteiger partial charge is 0.419 e. The molecule has 0 spiro atoms. The van der Waals surface area contributed by atoms with Crippen LogP contribution in [0.2, 0.25) is 0 Å². The molecule has 0 aromatic heterocycles. The second-order valence-corrected chi connectivity index (χ2v) is 4.71.